The predicted octanol–water partition coefficient (Wildman–Crippen LogP) is 5.31. The van der Waals surface area contributed by atoms with Crippen molar-refractivity contribution in [2.45, 2.75) is 51.8 Å². The quantitative estimate of drug-likeness (QED) is 0.653. The van der Waals surface area contributed by atoms with Gasteiger partial charge >= 0.3 is 5.97 Å². The van der Waals surface area contributed by atoms with Crippen LogP contribution in [0.3, 0.4) is 0 Å². The molecule has 6 heteroatoms. The van der Waals surface area contributed by atoms with Crippen LogP contribution in [0.2, 0.25) is 5.02 Å². The van der Waals surface area contributed by atoms with Crippen LogP contribution in [0.4, 0.5) is 5.69 Å². The number of benzene rings is 1. The van der Waals surface area contributed by atoms with Gasteiger partial charge in [0.05, 0.1) is 12.3 Å². The molecule has 0 unspecified atom stereocenters. The smallest absolute Gasteiger partial charge is 0.365 e. The highest BCUT2D eigenvalue weighted by atomic mass is 35.5. The Kier molecular flexibility index (Phi) is 4.12. The Morgan fingerprint density at radius 3 is 2.54 bits per heavy atom. The van der Waals surface area contributed by atoms with Crippen molar-refractivity contribution < 1.29 is 9.53 Å². The highest BCUT2D eigenvalue weighted by Crippen LogP contribution is 2.72. The van der Waals surface area contributed by atoms with Crippen molar-refractivity contribution in [3.8, 4) is 0 Å². The van der Waals surface area contributed by atoms with E-state index in [0.717, 1.165) is 18.5 Å². The van der Waals surface area contributed by atoms with Crippen LogP contribution < -0.4 is 5.01 Å². The predicted molar refractivity (Wildman–Crippen MR) is 108 cm³/mol. The minimum Gasteiger partial charge on any atom is -0.461 e. The maximum absolute atomic E-state index is 12.4. The standard InChI is InChI=1S/C20H25ClN2O2S/c1-5-25-17(24)16-22-23(15-8-6-14(21)7-9-15)20(26-16)11-13-10-19(20,4)12-18(13,2)3/h6-9,13H,5,10-12H2,1-4H3/t13-,19-,20-/m1/s1. The van der Waals surface area contributed by atoms with E-state index in [1.54, 1.807) is 11.8 Å². The summed E-state index contributed by atoms with van der Waals surface area (Å²) in [5, 5.41) is 7.99. The molecule has 1 heterocycles. The van der Waals surface area contributed by atoms with Gasteiger partial charge in [0.2, 0.25) is 5.04 Å². The van der Waals surface area contributed by atoms with Crippen LogP contribution in [0.5, 0.6) is 0 Å². The molecule has 1 aromatic rings. The van der Waals surface area contributed by atoms with Gasteiger partial charge in [-0.15, -0.1) is 0 Å². The van der Waals surface area contributed by atoms with Crippen LogP contribution in [-0.4, -0.2) is 22.5 Å². The lowest BCUT2D eigenvalue weighted by Gasteiger charge is -2.49. The number of esters is 1. The van der Waals surface area contributed by atoms with E-state index in [1.807, 2.05) is 31.2 Å². The fraction of sp³-hybridized carbons (Fsp3) is 0.600. The lowest BCUT2D eigenvalue weighted by molar-refractivity contribution is -0.134. The molecule has 26 heavy (non-hydrogen) atoms. The molecule has 2 fully saturated rings. The van der Waals surface area contributed by atoms with Crippen molar-refractivity contribution in [3.05, 3.63) is 29.3 Å². The van der Waals surface area contributed by atoms with Crippen molar-refractivity contribution in [3.63, 3.8) is 0 Å². The van der Waals surface area contributed by atoms with Crippen LogP contribution in [0.1, 0.15) is 47.0 Å². The molecule has 0 N–H and O–H groups in total. The second-order valence-corrected chi connectivity index (χ2v) is 10.3. The van der Waals surface area contributed by atoms with Crippen molar-refractivity contribution in [1.82, 2.24) is 0 Å². The van der Waals surface area contributed by atoms with Crippen LogP contribution in [-0.2, 0) is 9.53 Å². The average Bonchev–Trinajstić information content (AvgIpc) is 3.15. The van der Waals surface area contributed by atoms with Gasteiger partial charge in [0, 0.05) is 10.4 Å². The molecule has 4 rings (SSSR count). The van der Waals surface area contributed by atoms with Crippen molar-refractivity contribution in [1.29, 1.82) is 0 Å². The summed E-state index contributed by atoms with van der Waals surface area (Å²) in [6.45, 7) is 9.29. The van der Waals surface area contributed by atoms with E-state index in [1.165, 1.54) is 6.42 Å². The van der Waals surface area contributed by atoms with E-state index in [2.05, 4.69) is 25.8 Å². The normalized spacial score (nSPS) is 34.4. The number of hydrazone groups is 1. The minimum atomic E-state index is -0.320. The molecule has 0 radical (unpaired) electrons. The number of carbonyl (C=O) groups is 1. The van der Waals surface area contributed by atoms with E-state index in [4.69, 9.17) is 21.4 Å². The number of nitrogens with zero attached hydrogens (tertiary/aromatic N) is 2. The number of ether oxygens (including phenoxy) is 1. The zero-order chi connectivity index (χ0) is 18.7. The topological polar surface area (TPSA) is 41.9 Å². The Hall–Kier alpha value is -1.20. The number of rotatable bonds is 3. The zero-order valence-corrected chi connectivity index (χ0v) is 17.3. The first kappa shape index (κ1) is 18.2. The second kappa shape index (κ2) is 5.90. The van der Waals surface area contributed by atoms with Gasteiger partial charge in [-0.25, -0.2) is 9.80 Å². The lowest BCUT2D eigenvalue weighted by Crippen LogP contribution is -2.52. The lowest BCUT2D eigenvalue weighted by atomic mass is 9.69. The fourth-order valence-electron chi connectivity index (χ4n) is 5.29. The zero-order valence-electron chi connectivity index (χ0n) is 15.7. The summed E-state index contributed by atoms with van der Waals surface area (Å²) in [4.78, 5) is 12.2. The highest BCUT2D eigenvalue weighted by Gasteiger charge is 2.70. The van der Waals surface area contributed by atoms with Crippen molar-refractivity contribution in [2.24, 2.45) is 21.8 Å². The molecule has 1 aromatic carbocycles. The van der Waals surface area contributed by atoms with Gasteiger partial charge in [-0.3, -0.25) is 0 Å². The van der Waals surface area contributed by atoms with E-state index < -0.39 is 0 Å². The largest absolute Gasteiger partial charge is 0.461 e. The van der Waals surface area contributed by atoms with Gasteiger partial charge in [-0.1, -0.05) is 44.1 Å². The first-order valence-corrected chi connectivity index (χ1v) is 10.4. The third-order valence-corrected chi connectivity index (χ3v) is 8.30. The van der Waals surface area contributed by atoms with E-state index >= 15 is 0 Å². The Morgan fingerprint density at radius 1 is 1.31 bits per heavy atom. The number of fused-ring (bicyclic) bond motifs is 3. The molecular formula is C20H25ClN2O2S. The fourth-order valence-corrected chi connectivity index (χ4v) is 6.92. The number of hydrogen-bond acceptors (Lipinski definition) is 5. The molecular weight excluding hydrogens is 368 g/mol. The molecule has 0 amide bonds. The third-order valence-electron chi connectivity index (χ3n) is 6.43. The first-order chi connectivity index (χ1) is 12.2. The van der Waals surface area contributed by atoms with Gasteiger partial charge in [0.15, 0.2) is 0 Å². The summed E-state index contributed by atoms with van der Waals surface area (Å²) in [7, 11) is 0. The van der Waals surface area contributed by atoms with E-state index in [0.29, 0.717) is 28.0 Å². The maximum Gasteiger partial charge on any atom is 0.365 e. The van der Waals surface area contributed by atoms with Gasteiger partial charge in [-0.05, 0) is 61.8 Å². The number of hydrogen-bond donors (Lipinski definition) is 0. The Morgan fingerprint density at radius 2 is 2.00 bits per heavy atom. The number of halogens is 1. The minimum absolute atomic E-state index is 0.0865. The molecule has 2 aliphatic carbocycles. The number of thioether (sulfide) groups is 1. The summed E-state index contributed by atoms with van der Waals surface area (Å²) in [6.07, 6.45) is 3.33. The molecule has 3 aliphatic rings. The van der Waals surface area contributed by atoms with E-state index in [9.17, 15) is 4.79 Å². The Bertz CT molecular complexity index is 779. The molecule has 0 saturated heterocycles. The Balaban J connectivity index is 1.77. The summed E-state index contributed by atoms with van der Waals surface area (Å²) in [5.74, 6) is 0.311. The van der Waals surface area contributed by atoms with Crippen LogP contribution >= 0.6 is 23.4 Å². The number of anilines is 1. The average molecular weight is 393 g/mol. The highest BCUT2D eigenvalue weighted by molar-refractivity contribution is 8.17. The Labute approximate surface area is 164 Å². The van der Waals surface area contributed by atoms with Gasteiger partial charge in [0.1, 0.15) is 4.87 Å². The van der Waals surface area contributed by atoms with Crippen molar-refractivity contribution >= 4 is 40.1 Å². The SMILES string of the molecule is CCOC(=O)C1=NN(c2ccc(Cl)cc2)[C@]2(C[C@H]3C[C@]2(C)CC3(C)C)S1. The molecule has 2 saturated carbocycles. The second-order valence-electron chi connectivity index (χ2n) is 8.63. The summed E-state index contributed by atoms with van der Waals surface area (Å²) >= 11 is 7.69. The molecule has 4 nitrogen and oxygen atoms in total. The summed E-state index contributed by atoms with van der Waals surface area (Å²) in [5.41, 5.74) is 1.40. The van der Waals surface area contributed by atoms with Crippen LogP contribution in [0.25, 0.3) is 0 Å². The van der Waals surface area contributed by atoms with Crippen LogP contribution in [0.15, 0.2) is 29.4 Å². The van der Waals surface area contributed by atoms with E-state index in [-0.39, 0.29) is 16.3 Å². The molecule has 140 valence electrons. The van der Waals surface area contributed by atoms with Crippen LogP contribution in [0, 0.1) is 16.7 Å². The number of carbonyl (C=O) groups excluding carboxylic acids is 1. The molecule has 1 aliphatic heterocycles. The van der Waals surface area contributed by atoms with Gasteiger partial charge in [0.25, 0.3) is 0 Å². The van der Waals surface area contributed by atoms with Gasteiger partial charge < -0.3 is 4.74 Å². The first-order valence-electron chi connectivity index (χ1n) is 9.21. The van der Waals surface area contributed by atoms with Crippen molar-refractivity contribution in [2.75, 3.05) is 11.6 Å². The maximum atomic E-state index is 12.4. The summed E-state index contributed by atoms with van der Waals surface area (Å²) < 4.78 is 5.25. The molecule has 2 bridgehead atoms. The third kappa shape index (κ3) is 2.50. The van der Waals surface area contributed by atoms with Gasteiger partial charge in [-0.2, -0.15) is 5.10 Å². The monoisotopic (exact) mass is 392 g/mol. The molecule has 1 spiro atoms. The summed E-state index contributed by atoms with van der Waals surface area (Å²) in [6, 6.07) is 7.74. The molecule has 3 atom stereocenters. The molecule has 0 aromatic heterocycles.